The van der Waals surface area contributed by atoms with Crippen molar-refractivity contribution in [3.63, 3.8) is 0 Å². The fourth-order valence-corrected chi connectivity index (χ4v) is 4.43. The molecule has 0 aliphatic heterocycles. The maximum atomic E-state index is 13.7. The third-order valence-corrected chi connectivity index (χ3v) is 6.79. The number of nitrogens with one attached hydrogen (secondary N) is 1. The van der Waals surface area contributed by atoms with Crippen LogP contribution in [-0.2, 0) is 13.1 Å². The number of aromatic nitrogens is 4. The minimum absolute atomic E-state index is 0.00155. The molecule has 0 radical (unpaired) electrons. The first-order valence-electron chi connectivity index (χ1n) is 12.4. The average Bonchev–Trinajstić information content (AvgIpc) is 3.23. The maximum absolute atomic E-state index is 13.7. The Balaban J connectivity index is 1.74. The van der Waals surface area contributed by atoms with E-state index in [2.05, 4.69) is 10.4 Å². The second kappa shape index (κ2) is 9.89. The lowest BCUT2D eigenvalue weighted by Gasteiger charge is -2.13. The molecule has 5 aromatic rings. The summed E-state index contributed by atoms with van der Waals surface area (Å²) in [5.41, 5.74) is 3.02. The first-order chi connectivity index (χ1) is 17.9. The molecule has 1 amide bonds. The number of nitrogens with zero attached hydrogens (tertiary/aromatic N) is 4. The quantitative estimate of drug-likeness (QED) is 0.372. The highest BCUT2D eigenvalue weighted by molar-refractivity contribution is 5.98. The Labute approximate surface area is 213 Å². The molecule has 0 aliphatic carbocycles. The number of amides is 1. The van der Waals surface area contributed by atoms with Crippen molar-refractivity contribution in [1.82, 2.24) is 24.1 Å². The number of hydrogen-bond donors (Lipinski definition) is 1. The van der Waals surface area contributed by atoms with E-state index in [0.29, 0.717) is 16.5 Å². The molecule has 0 saturated carbocycles. The fraction of sp³-hybridized carbons (Fsp3) is 0.241. The lowest BCUT2D eigenvalue weighted by atomic mass is 10.1. The van der Waals surface area contributed by atoms with Crippen LogP contribution in [0.5, 0.6) is 0 Å². The van der Waals surface area contributed by atoms with Gasteiger partial charge in [-0.2, -0.15) is 0 Å². The van der Waals surface area contributed by atoms with Crippen molar-refractivity contribution in [2.45, 2.75) is 46.3 Å². The standard InChI is InChI=1S/C29H29N5O3/c1-4-20(3)30-26(35)22-14-15-24-25(16-22)34-28(32(27(24)36)17-21-11-6-5-7-12-21)31-33(29(34)37)18-23-13-9-8-10-19(23)2/h5-16,20H,4,17-18H2,1-3H3,(H,30,35)/t20-/m1/s1. The molecule has 0 aliphatic rings. The van der Waals surface area contributed by atoms with Gasteiger partial charge in [-0.25, -0.2) is 13.9 Å². The Morgan fingerprint density at radius 1 is 0.973 bits per heavy atom. The molecule has 0 saturated heterocycles. The van der Waals surface area contributed by atoms with Crippen molar-refractivity contribution in [2.24, 2.45) is 0 Å². The van der Waals surface area contributed by atoms with Gasteiger partial charge < -0.3 is 5.32 Å². The van der Waals surface area contributed by atoms with Crippen LogP contribution < -0.4 is 16.6 Å². The van der Waals surface area contributed by atoms with Crippen LogP contribution in [0.3, 0.4) is 0 Å². The van der Waals surface area contributed by atoms with Gasteiger partial charge in [0.1, 0.15) is 0 Å². The minimum Gasteiger partial charge on any atom is -0.350 e. The maximum Gasteiger partial charge on any atom is 0.352 e. The Kier molecular flexibility index (Phi) is 6.48. The van der Waals surface area contributed by atoms with Gasteiger partial charge in [-0.05, 0) is 55.2 Å². The van der Waals surface area contributed by atoms with E-state index in [4.69, 9.17) is 0 Å². The van der Waals surface area contributed by atoms with Crippen molar-refractivity contribution < 1.29 is 4.79 Å². The van der Waals surface area contributed by atoms with E-state index in [1.54, 1.807) is 18.2 Å². The zero-order valence-corrected chi connectivity index (χ0v) is 21.1. The highest BCUT2D eigenvalue weighted by atomic mass is 16.2. The summed E-state index contributed by atoms with van der Waals surface area (Å²) < 4.78 is 4.34. The molecule has 1 N–H and O–H groups in total. The van der Waals surface area contributed by atoms with Gasteiger partial charge in [0, 0.05) is 11.6 Å². The molecule has 1 atom stereocenters. The summed E-state index contributed by atoms with van der Waals surface area (Å²) in [6, 6.07) is 22.2. The van der Waals surface area contributed by atoms with Crippen LogP contribution in [-0.4, -0.2) is 30.7 Å². The molecule has 5 rings (SSSR count). The van der Waals surface area contributed by atoms with E-state index in [9.17, 15) is 14.4 Å². The van der Waals surface area contributed by atoms with E-state index in [1.165, 1.54) is 13.6 Å². The van der Waals surface area contributed by atoms with Gasteiger partial charge in [-0.3, -0.25) is 14.2 Å². The van der Waals surface area contributed by atoms with Crippen LogP contribution in [0.4, 0.5) is 0 Å². The zero-order valence-electron chi connectivity index (χ0n) is 21.1. The number of carbonyl (C=O) groups excluding carboxylic acids is 1. The van der Waals surface area contributed by atoms with E-state index >= 15 is 0 Å². The topological polar surface area (TPSA) is 90.4 Å². The molecule has 2 aromatic heterocycles. The van der Waals surface area contributed by atoms with E-state index in [-0.39, 0.29) is 42.1 Å². The first-order valence-corrected chi connectivity index (χ1v) is 12.4. The Morgan fingerprint density at radius 3 is 2.43 bits per heavy atom. The number of carbonyl (C=O) groups is 1. The summed E-state index contributed by atoms with van der Waals surface area (Å²) in [5, 5.41) is 7.92. The predicted octanol–water partition coefficient (Wildman–Crippen LogP) is 3.74. The molecule has 8 heteroatoms. The van der Waals surface area contributed by atoms with Gasteiger partial charge in [0.25, 0.3) is 11.5 Å². The summed E-state index contributed by atoms with van der Waals surface area (Å²) in [5.74, 6) is -0.0161. The van der Waals surface area contributed by atoms with Crippen molar-refractivity contribution in [3.8, 4) is 0 Å². The number of aryl methyl sites for hydroxylation is 1. The van der Waals surface area contributed by atoms with Crippen LogP contribution in [0.2, 0.25) is 0 Å². The van der Waals surface area contributed by atoms with E-state index in [1.807, 2.05) is 75.4 Å². The second-order valence-corrected chi connectivity index (χ2v) is 9.39. The molecule has 37 heavy (non-hydrogen) atoms. The van der Waals surface area contributed by atoms with Crippen molar-refractivity contribution in [2.75, 3.05) is 0 Å². The monoisotopic (exact) mass is 495 g/mol. The Morgan fingerprint density at radius 2 is 1.70 bits per heavy atom. The van der Waals surface area contributed by atoms with Gasteiger partial charge in [0.15, 0.2) is 0 Å². The van der Waals surface area contributed by atoms with Crippen molar-refractivity contribution in [3.05, 3.63) is 116 Å². The van der Waals surface area contributed by atoms with Crippen molar-refractivity contribution >= 4 is 22.6 Å². The second-order valence-electron chi connectivity index (χ2n) is 9.39. The number of rotatable bonds is 7. The number of fused-ring (bicyclic) bond motifs is 3. The summed E-state index contributed by atoms with van der Waals surface area (Å²) in [6.07, 6.45) is 0.791. The Hall–Kier alpha value is -4.46. The molecule has 3 aromatic carbocycles. The van der Waals surface area contributed by atoms with Crippen LogP contribution in [0.1, 0.15) is 47.3 Å². The number of hydrogen-bond acceptors (Lipinski definition) is 4. The van der Waals surface area contributed by atoms with Gasteiger partial charge >= 0.3 is 5.69 Å². The first kappa shape index (κ1) is 24.2. The highest BCUT2D eigenvalue weighted by Gasteiger charge is 2.20. The third kappa shape index (κ3) is 4.58. The number of benzene rings is 3. The SMILES string of the molecule is CC[C@@H](C)NC(=O)c1ccc2c(=O)n(Cc3ccccc3)c3nn(Cc4ccccc4C)c(=O)n3c2c1. The molecular formula is C29H29N5O3. The predicted molar refractivity (Wildman–Crippen MR) is 144 cm³/mol. The van der Waals surface area contributed by atoms with Crippen LogP contribution in [0, 0.1) is 6.92 Å². The summed E-state index contributed by atoms with van der Waals surface area (Å²) >= 11 is 0. The minimum atomic E-state index is -0.371. The van der Waals surface area contributed by atoms with Gasteiger partial charge in [-0.1, -0.05) is 61.5 Å². The third-order valence-electron chi connectivity index (χ3n) is 6.79. The largest absolute Gasteiger partial charge is 0.352 e. The molecular weight excluding hydrogens is 466 g/mol. The molecule has 188 valence electrons. The average molecular weight is 496 g/mol. The van der Waals surface area contributed by atoms with Crippen LogP contribution in [0.25, 0.3) is 16.7 Å². The molecule has 0 spiro atoms. The summed E-state index contributed by atoms with van der Waals surface area (Å²) in [4.78, 5) is 40.3. The molecule has 0 fully saturated rings. The zero-order chi connectivity index (χ0) is 26.1. The summed E-state index contributed by atoms with van der Waals surface area (Å²) in [6.45, 7) is 6.43. The Bertz CT molecular complexity index is 1730. The normalized spacial score (nSPS) is 12.2. The van der Waals surface area contributed by atoms with Crippen molar-refractivity contribution in [1.29, 1.82) is 0 Å². The lowest BCUT2D eigenvalue weighted by molar-refractivity contribution is 0.0939. The van der Waals surface area contributed by atoms with E-state index in [0.717, 1.165) is 23.1 Å². The molecule has 2 heterocycles. The van der Waals surface area contributed by atoms with Gasteiger partial charge in [0.05, 0.1) is 24.0 Å². The van der Waals surface area contributed by atoms with E-state index < -0.39 is 0 Å². The molecule has 0 bridgehead atoms. The molecule has 8 nitrogen and oxygen atoms in total. The van der Waals surface area contributed by atoms with Crippen LogP contribution >= 0.6 is 0 Å². The molecule has 0 unspecified atom stereocenters. The van der Waals surface area contributed by atoms with Crippen LogP contribution in [0.15, 0.2) is 82.4 Å². The van der Waals surface area contributed by atoms with Gasteiger partial charge in [0.2, 0.25) is 5.78 Å². The fourth-order valence-electron chi connectivity index (χ4n) is 4.43. The lowest BCUT2D eigenvalue weighted by Crippen LogP contribution is -2.32. The smallest absolute Gasteiger partial charge is 0.350 e. The highest BCUT2D eigenvalue weighted by Crippen LogP contribution is 2.16. The van der Waals surface area contributed by atoms with Gasteiger partial charge in [-0.15, -0.1) is 5.10 Å². The summed E-state index contributed by atoms with van der Waals surface area (Å²) in [7, 11) is 0.